The molecule has 20 nitrogen and oxygen atoms in total. The van der Waals surface area contributed by atoms with Crippen LogP contribution in [0.1, 0.15) is 0 Å². The standard InChI is InChI=1S/4C4H11N5/c4*1-9(2)4(7)8-3(5)6/h4*1-2H3,(H5,5,6,7,8). The van der Waals surface area contributed by atoms with E-state index in [1.165, 1.54) is 0 Å². The lowest BCUT2D eigenvalue weighted by Gasteiger charge is -2.08. The molecule has 0 spiro atoms. The molecule has 208 valence electrons. The number of guanidine groups is 8. The zero-order chi connectivity index (χ0) is 29.8. The monoisotopic (exact) mass is 516 g/mol. The van der Waals surface area contributed by atoms with Gasteiger partial charge in [0.05, 0.1) is 0 Å². The largest absolute Gasteiger partial charge is 0.369 e. The molecule has 0 aromatic heterocycles. The van der Waals surface area contributed by atoms with Crippen molar-refractivity contribution in [3.05, 3.63) is 0 Å². The molecule has 0 aromatic carbocycles. The van der Waals surface area contributed by atoms with Crippen LogP contribution < -0.4 is 45.9 Å². The van der Waals surface area contributed by atoms with Crippen LogP contribution in [-0.2, 0) is 0 Å². The van der Waals surface area contributed by atoms with Gasteiger partial charge in [0, 0.05) is 56.4 Å². The summed E-state index contributed by atoms with van der Waals surface area (Å²) in [5.74, 6) is -0.153. The molecule has 0 aliphatic carbocycles. The first-order valence-electron chi connectivity index (χ1n) is 9.57. The summed E-state index contributed by atoms with van der Waals surface area (Å²) >= 11 is 0. The molecular formula is C16H44N20. The average Bonchev–Trinajstić information content (AvgIpc) is 2.67. The van der Waals surface area contributed by atoms with Gasteiger partial charge in [-0.2, -0.15) is 20.0 Å². The highest BCUT2D eigenvalue weighted by Crippen LogP contribution is 1.75. The molecule has 0 rings (SSSR count). The lowest BCUT2D eigenvalue weighted by atomic mass is 10.8. The summed E-state index contributed by atoms with van der Waals surface area (Å²) < 4.78 is 0. The molecule has 0 radical (unpaired) electrons. The minimum Gasteiger partial charge on any atom is -0.369 e. The highest BCUT2D eigenvalue weighted by atomic mass is 15.2. The van der Waals surface area contributed by atoms with Gasteiger partial charge in [-0.05, 0) is 0 Å². The first kappa shape index (κ1) is 38.2. The molecule has 20 N–H and O–H groups in total. The predicted octanol–water partition coefficient (Wildman–Crippen LogP) is -4.98. The summed E-state index contributed by atoms with van der Waals surface area (Å²) in [4.78, 5) is 20.1. The Morgan fingerprint density at radius 3 is 0.500 bits per heavy atom. The average molecular weight is 517 g/mol. The Bertz CT molecular complexity index is 680. The van der Waals surface area contributed by atoms with Gasteiger partial charge in [-0.1, -0.05) is 0 Å². The van der Waals surface area contributed by atoms with Crippen molar-refractivity contribution in [2.75, 3.05) is 56.4 Å². The zero-order valence-corrected chi connectivity index (χ0v) is 22.2. The highest BCUT2D eigenvalue weighted by molar-refractivity contribution is 5.93. The lowest BCUT2D eigenvalue weighted by molar-refractivity contribution is 0.615. The Labute approximate surface area is 211 Å². The summed E-state index contributed by atoms with van der Waals surface area (Å²) in [6, 6.07) is 0. The molecule has 0 saturated heterocycles. The van der Waals surface area contributed by atoms with E-state index in [4.69, 9.17) is 67.5 Å². The van der Waals surface area contributed by atoms with E-state index >= 15 is 0 Å². The van der Waals surface area contributed by atoms with E-state index in [0.717, 1.165) is 0 Å². The molecule has 0 fully saturated rings. The predicted molar refractivity (Wildman–Crippen MR) is 149 cm³/mol. The molecule has 0 aliphatic rings. The smallest absolute Gasteiger partial charge is 0.215 e. The molecule has 0 unspecified atom stereocenters. The lowest BCUT2D eigenvalue weighted by Crippen LogP contribution is -2.32. The van der Waals surface area contributed by atoms with Crippen LogP contribution in [0.4, 0.5) is 0 Å². The van der Waals surface area contributed by atoms with Crippen LogP contribution in [0.3, 0.4) is 0 Å². The Hall–Kier alpha value is -5.04. The van der Waals surface area contributed by atoms with Crippen LogP contribution in [0.25, 0.3) is 0 Å². The van der Waals surface area contributed by atoms with Crippen molar-refractivity contribution in [3.63, 3.8) is 0 Å². The summed E-state index contributed by atoms with van der Waals surface area (Å²) in [6.45, 7) is 0. The molecule has 0 aliphatic heterocycles. The van der Waals surface area contributed by atoms with Gasteiger partial charge in [-0.3, -0.25) is 21.6 Å². The van der Waals surface area contributed by atoms with Gasteiger partial charge in [0.2, 0.25) is 23.8 Å². The second-order valence-electron chi connectivity index (χ2n) is 7.00. The summed E-state index contributed by atoms with van der Waals surface area (Å²) in [5.41, 5.74) is 40.8. The number of nitrogens with two attached hydrogens (primary N) is 8. The van der Waals surface area contributed by atoms with Crippen LogP contribution >= 0.6 is 0 Å². The first-order valence-corrected chi connectivity index (χ1v) is 9.57. The second kappa shape index (κ2) is 20.6. The maximum atomic E-state index is 6.70. The van der Waals surface area contributed by atoms with Gasteiger partial charge in [0.15, 0.2) is 23.8 Å². The van der Waals surface area contributed by atoms with Crippen molar-refractivity contribution in [2.24, 2.45) is 65.8 Å². The number of rotatable bonds is 0. The molecule has 0 saturated carbocycles. The Morgan fingerprint density at radius 2 is 0.472 bits per heavy atom. The van der Waals surface area contributed by atoms with Crippen LogP contribution in [0.5, 0.6) is 0 Å². The number of nitrogens with zero attached hydrogens (tertiary/aromatic N) is 8. The van der Waals surface area contributed by atoms with Crippen LogP contribution in [0.2, 0.25) is 0 Å². The molecule has 36 heavy (non-hydrogen) atoms. The third kappa shape index (κ3) is 31.1. The summed E-state index contributed by atoms with van der Waals surface area (Å²) in [6.07, 6.45) is 0. The maximum Gasteiger partial charge on any atom is 0.215 e. The van der Waals surface area contributed by atoms with E-state index in [1.54, 1.807) is 76.0 Å². The topological polar surface area (TPSA) is 366 Å². The van der Waals surface area contributed by atoms with Gasteiger partial charge < -0.3 is 65.5 Å². The molecule has 0 heterocycles. The van der Waals surface area contributed by atoms with E-state index in [2.05, 4.69) is 20.0 Å². The number of hydrogen-bond donors (Lipinski definition) is 12. The summed E-state index contributed by atoms with van der Waals surface area (Å²) in [7, 11) is 13.8. The molecular weight excluding hydrogens is 472 g/mol. The van der Waals surface area contributed by atoms with Gasteiger partial charge in [-0.15, -0.1) is 0 Å². The SMILES string of the molecule is CN(C)C(N)=NC(=N)N.CN(C)C(N)=NC(=N)N.CN(C)C(N)=NC(=N)N.CN(C)C(N)=NC(=N)N. The van der Waals surface area contributed by atoms with E-state index in [1.807, 2.05) is 0 Å². The fourth-order valence-electron chi connectivity index (χ4n) is 0.894. The fraction of sp³-hybridized carbons (Fsp3) is 0.500. The van der Waals surface area contributed by atoms with Crippen LogP contribution in [-0.4, -0.2) is 124 Å². The summed E-state index contributed by atoms with van der Waals surface area (Å²) in [5, 5.41) is 26.8. The minimum atomic E-state index is -0.277. The molecule has 0 aromatic rings. The first-order chi connectivity index (χ1) is 16.1. The van der Waals surface area contributed by atoms with Crippen molar-refractivity contribution in [3.8, 4) is 0 Å². The van der Waals surface area contributed by atoms with Gasteiger partial charge >= 0.3 is 0 Å². The van der Waals surface area contributed by atoms with Crippen molar-refractivity contribution in [2.45, 2.75) is 0 Å². The minimum absolute atomic E-state index is 0.238. The quantitative estimate of drug-likeness (QED) is 0.106. The number of nitrogens with one attached hydrogen (secondary N) is 4. The zero-order valence-electron chi connectivity index (χ0n) is 22.2. The van der Waals surface area contributed by atoms with Gasteiger partial charge in [0.25, 0.3) is 0 Å². The van der Waals surface area contributed by atoms with Crippen LogP contribution in [0.15, 0.2) is 20.0 Å². The molecule has 20 heteroatoms. The molecule has 0 atom stereocenters. The van der Waals surface area contributed by atoms with E-state index in [0.29, 0.717) is 0 Å². The molecule has 0 bridgehead atoms. The second-order valence-corrected chi connectivity index (χ2v) is 7.00. The Morgan fingerprint density at radius 1 is 0.361 bits per heavy atom. The van der Waals surface area contributed by atoms with Crippen molar-refractivity contribution < 1.29 is 0 Å². The van der Waals surface area contributed by atoms with Crippen molar-refractivity contribution >= 4 is 47.7 Å². The van der Waals surface area contributed by atoms with Gasteiger partial charge in [-0.25, -0.2) is 0 Å². The van der Waals surface area contributed by atoms with Gasteiger partial charge in [0.1, 0.15) is 0 Å². The molecule has 0 amide bonds. The normalized spacial score (nSPS) is 11.1. The van der Waals surface area contributed by atoms with E-state index in [-0.39, 0.29) is 47.7 Å². The van der Waals surface area contributed by atoms with Crippen molar-refractivity contribution in [1.29, 1.82) is 21.6 Å². The number of aliphatic imine (C=N–C) groups is 4. The van der Waals surface area contributed by atoms with Crippen LogP contribution in [0, 0.1) is 21.6 Å². The van der Waals surface area contributed by atoms with E-state index in [9.17, 15) is 0 Å². The Kier molecular flexibility index (Phi) is 21.8. The van der Waals surface area contributed by atoms with Crippen molar-refractivity contribution in [1.82, 2.24) is 19.6 Å². The van der Waals surface area contributed by atoms with E-state index < -0.39 is 0 Å². The fourth-order valence-corrected chi connectivity index (χ4v) is 0.894. The number of hydrogen-bond acceptors (Lipinski definition) is 4. The maximum absolute atomic E-state index is 6.70. The third-order valence-corrected chi connectivity index (χ3v) is 2.77. The third-order valence-electron chi connectivity index (χ3n) is 2.77. The Balaban J connectivity index is -0.000000190. The highest BCUT2D eigenvalue weighted by Gasteiger charge is 1.94.